The van der Waals surface area contributed by atoms with Crippen molar-refractivity contribution < 1.29 is 18.7 Å². The molecule has 0 spiro atoms. The predicted molar refractivity (Wildman–Crippen MR) is 145 cm³/mol. The molecule has 3 amide bonds. The summed E-state index contributed by atoms with van der Waals surface area (Å²) in [5, 5.41) is 3.94. The number of amides is 3. The lowest BCUT2D eigenvalue weighted by atomic mass is 10.1. The molecule has 37 heavy (non-hydrogen) atoms. The van der Waals surface area contributed by atoms with E-state index in [0.717, 1.165) is 66.3 Å². The second kappa shape index (κ2) is 11.8. The Hall–Kier alpha value is -3.40. The van der Waals surface area contributed by atoms with E-state index < -0.39 is 0 Å². The summed E-state index contributed by atoms with van der Waals surface area (Å²) in [5.74, 6) is 1.22. The lowest BCUT2D eigenvalue weighted by Crippen LogP contribution is -2.45. The third kappa shape index (κ3) is 6.12. The van der Waals surface area contributed by atoms with Crippen LogP contribution in [0.5, 0.6) is 0 Å². The number of aryl methyl sites for hydroxylation is 1. The van der Waals surface area contributed by atoms with Crippen LogP contribution in [0.15, 0.2) is 47.0 Å². The highest BCUT2D eigenvalue weighted by Crippen LogP contribution is 2.26. The first kappa shape index (κ1) is 26.7. The smallest absolute Gasteiger partial charge is 0.323 e. The number of likely N-dealkylation sites (N-methyl/N-ethyl adjacent to an activating group) is 1. The molecule has 0 bridgehead atoms. The fraction of sp³-hybridized carbons (Fsp3) is 0.370. The number of aromatic nitrogens is 1. The van der Waals surface area contributed by atoms with E-state index >= 15 is 0 Å². The highest BCUT2D eigenvalue weighted by atomic mass is 35.5. The molecule has 3 aromatic rings. The van der Waals surface area contributed by atoms with Crippen molar-refractivity contribution >= 4 is 47.2 Å². The molecule has 4 heterocycles. The Labute approximate surface area is 222 Å². The van der Waals surface area contributed by atoms with Crippen LogP contribution in [-0.4, -0.2) is 78.1 Å². The number of ether oxygens (including phenoxy) is 1. The van der Waals surface area contributed by atoms with E-state index in [4.69, 9.17) is 9.15 Å². The number of para-hydroxylation sites is 1. The Bertz CT molecular complexity index is 1300. The van der Waals surface area contributed by atoms with Crippen LogP contribution in [0.1, 0.15) is 22.5 Å². The van der Waals surface area contributed by atoms with E-state index in [1.54, 1.807) is 35.2 Å². The van der Waals surface area contributed by atoms with Gasteiger partial charge in [0, 0.05) is 62.0 Å². The minimum Gasteiger partial charge on any atom is -0.459 e. The van der Waals surface area contributed by atoms with Gasteiger partial charge in [0.15, 0.2) is 0 Å². The van der Waals surface area contributed by atoms with Crippen molar-refractivity contribution in [3.63, 3.8) is 0 Å². The van der Waals surface area contributed by atoms with Gasteiger partial charge in [0.2, 0.25) is 5.91 Å². The summed E-state index contributed by atoms with van der Waals surface area (Å²) < 4.78 is 11.3. The monoisotopic (exact) mass is 525 g/mol. The summed E-state index contributed by atoms with van der Waals surface area (Å²) in [7, 11) is 1.76. The Balaban J connectivity index is 0.00000320. The van der Waals surface area contributed by atoms with Crippen molar-refractivity contribution in [2.24, 2.45) is 0 Å². The maximum Gasteiger partial charge on any atom is 0.323 e. The molecule has 5 rings (SSSR count). The van der Waals surface area contributed by atoms with E-state index in [-0.39, 0.29) is 24.3 Å². The van der Waals surface area contributed by atoms with Crippen LogP contribution in [0.2, 0.25) is 0 Å². The van der Waals surface area contributed by atoms with Gasteiger partial charge in [0.1, 0.15) is 17.2 Å². The van der Waals surface area contributed by atoms with Gasteiger partial charge in [-0.1, -0.05) is 18.2 Å². The highest BCUT2D eigenvalue weighted by Gasteiger charge is 2.24. The Morgan fingerprint density at radius 2 is 2.00 bits per heavy atom. The van der Waals surface area contributed by atoms with Gasteiger partial charge in [-0.25, -0.2) is 9.78 Å². The van der Waals surface area contributed by atoms with Crippen molar-refractivity contribution in [1.29, 1.82) is 0 Å². The van der Waals surface area contributed by atoms with E-state index in [1.807, 2.05) is 37.3 Å². The first-order valence-electron chi connectivity index (χ1n) is 12.2. The second-order valence-corrected chi connectivity index (χ2v) is 9.26. The van der Waals surface area contributed by atoms with E-state index in [9.17, 15) is 9.59 Å². The maximum atomic E-state index is 12.8. The number of pyridine rings is 1. The molecule has 10 heteroatoms. The standard InChI is InChI=1S/C27H31N5O4.ClH/c1-19-22-5-3-4-6-23(22)36-24(19)18-30(2)25(33)8-7-20-15-21-17-32(27(34)29-26(21)28-16-20)10-9-31-11-13-35-14-12-31;/h3-8,15-16H,9-14,17-18H2,1-2H3,(H,28,29,34);1H/b8-7+;. The molecule has 2 aromatic heterocycles. The minimum absolute atomic E-state index is 0. The van der Waals surface area contributed by atoms with Crippen LogP contribution in [0.4, 0.5) is 10.6 Å². The SMILES string of the molecule is Cc1c(CN(C)C(=O)/C=C/c2cnc3c(c2)CN(CCN2CCOCC2)C(=O)N3)oc2ccccc12.Cl. The summed E-state index contributed by atoms with van der Waals surface area (Å²) in [5.41, 5.74) is 3.61. The summed E-state index contributed by atoms with van der Waals surface area (Å²) in [6, 6.07) is 9.71. The third-order valence-electron chi connectivity index (χ3n) is 6.77. The number of fused-ring (bicyclic) bond motifs is 2. The number of hydrogen-bond acceptors (Lipinski definition) is 6. The zero-order chi connectivity index (χ0) is 25.1. The van der Waals surface area contributed by atoms with Crippen LogP contribution >= 0.6 is 12.4 Å². The second-order valence-electron chi connectivity index (χ2n) is 9.26. The van der Waals surface area contributed by atoms with Gasteiger partial charge < -0.3 is 19.0 Å². The molecule has 196 valence electrons. The minimum atomic E-state index is -0.135. The maximum absolute atomic E-state index is 12.8. The molecular weight excluding hydrogens is 494 g/mol. The van der Waals surface area contributed by atoms with E-state index in [0.29, 0.717) is 25.5 Å². The van der Waals surface area contributed by atoms with Crippen molar-refractivity contribution in [1.82, 2.24) is 19.7 Å². The largest absolute Gasteiger partial charge is 0.459 e. The average Bonchev–Trinajstić information content (AvgIpc) is 3.21. The molecule has 1 fully saturated rings. The summed E-state index contributed by atoms with van der Waals surface area (Å²) in [6.07, 6.45) is 4.96. The number of hydrogen-bond donors (Lipinski definition) is 1. The molecular formula is C27H32ClN5O4. The fourth-order valence-corrected chi connectivity index (χ4v) is 4.54. The number of carbonyl (C=O) groups is 2. The number of benzene rings is 1. The Morgan fingerprint density at radius 1 is 1.22 bits per heavy atom. The van der Waals surface area contributed by atoms with Crippen molar-refractivity contribution in [2.75, 3.05) is 51.8 Å². The van der Waals surface area contributed by atoms with E-state index in [1.165, 1.54) is 0 Å². The number of carbonyl (C=O) groups excluding carboxylic acids is 2. The van der Waals surface area contributed by atoms with Gasteiger partial charge in [-0.05, 0) is 30.7 Å². The Kier molecular flexibility index (Phi) is 8.48. The van der Waals surface area contributed by atoms with Crippen LogP contribution < -0.4 is 5.32 Å². The number of urea groups is 1. The van der Waals surface area contributed by atoms with Gasteiger partial charge in [0.05, 0.1) is 26.3 Å². The number of morpholine rings is 1. The lowest BCUT2D eigenvalue weighted by Gasteiger charge is -2.32. The molecule has 0 radical (unpaired) electrons. The predicted octanol–water partition coefficient (Wildman–Crippen LogP) is 3.91. The average molecular weight is 526 g/mol. The zero-order valence-electron chi connectivity index (χ0n) is 21.1. The summed E-state index contributed by atoms with van der Waals surface area (Å²) in [4.78, 5) is 35.4. The zero-order valence-corrected chi connectivity index (χ0v) is 21.9. The van der Waals surface area contributed by atoms with Crippen LogP contribution in [-0.2, 0) is 22.6 Å². The topological polar surface area (TPSA) is 91.2 Å². The molecule has 0 atom stereocenters. The molecule has 1 N–H and O–H groups in total. The first-order chi connectivity index (χ1) is 17.5. The molecule has 0 aliphatic carbocycles. The molecule has 1 saturated heterocycles. The number of rotatable bonds is 7. The molecule has 9 nitrogen and oxygen atoms in total. The quantitative estimate of drug-likeness (QED) is 0.470. The normalized spacial score (nSPS) is 15.9. The Morgan fingerprint density at radius 3 is 2.78 bits per heavy atom. The molecule has 0 saturated carbocycles. The first-order valence-corrected chi connectivity index (χ1v) is 12.2. The van der Waals surface area contributed by atoms with Crippen LogP contribution in [0, 0.1) is 6.92 Å². The van der Waals surface area contributed by atoms with Gasteiger partial charge in [-0.15, -0.1) is 12.4 Å². The van der Waals surface area contributed by atoms with Gasteiger partial charge in [0.25, 0.3) is 0 Å². The molecule has 2 aliphatic heterocycles. The number of halogens is 1. The lowest BCUT2D eigenvalue weighted by molar-refractivity contribution is -0.125. The van der Waals surface area contributed by atoms with E-state index in [2.05, 4.69) is 15.2 Å². The third-order valence-corrected chi connectivity index (χ3v) is 6.77. The number of nitrogens with one attached hydrogen (secondary N) is 1. The van der Waals surface area contributed by atoms with Crippen LogP contribution in [0.25, 0.3) is 17.0 Å². The molecule has 0 unspecified atom stereocenters. The molecule has 2 aliphatic rings. The van der Waals surface area contributed by atoms with Crippen molar-refractivity contribution in [3.05, 3.63) is 65.1 Å². The summed E-state index contributed by atoms with van der Waals surface area (Å²) in [6.45, 7) is 7.58. The number of anilines is 1. The van der Waals surface area contributed by atoms with Gasteiger partial charge in [-0.2, -0.15) is 0 Å². The van der Waals surface area contributed by atoms with Crippen molar-refractivity contribution in [3.8, 4) is 0 Å². The fourth-order valence-electron chi connectivity index (χ4n) is 4.54. The van der Waals surface area contributed by atoms with Gasteiger partial charge in [-0.3, -0.25) is 15.0 Å². The van der Waals surface area contributed by atoms with Crippen molar-refractivity contribution in [2.45, 2.75) is 20.0 Å². The van der Waals surface area contributed by atoms with Gasteiger partial charge >= 0.3 is 6.03 Å². The molecule has 1 aromatic carbocycles. The number of furan rings is 1. The summed E-state index contributed by atoms with van der Waals surface area (Å²) >= 11 is 0. The number of nitrogens with zero attached hydrogens (tertiary/aromatic N) is 4. The highest BCUT2D eigenvalue weighted by molar-refractivity contribution is 5.93. The van der Waals surface area contributed by atoms with Crippen LogP contribution in [0.3, 0.4) is 0 Å².